The van der Waals surface area contributed by atoms with Crippen LogP contribution in [-0.4, -0.2) is 41.2 Å². The smallest absolute Gasteiger partial charge is 0.229 e. The van der Waals surface area contributed by atoms with Crippen molar-refractivity contribution in [3.05, 3.63) is 66.6 Å². The van der Waals surface area contributed by atoms with Crippen molar-refractivity contribution in [2.75, 3.05) is 36.8 Å². The Morgan fingerprint density at radius 1 is 1.07 bits per heavy atom. The fraction of sp³-hybridized carbons (Fsp3) is 0.273. The van der Waals surface area contributed by atoms with Gasteiger partial charge >= 0.3 is 0 Å². The van der Waals surface area contributed by atoms with Crippen molar-refractivity contribution in [1.29, 1.82) is 0 Å². The molecule has 0 saturated carbocycles. The molecule has 6 nitrogen and oxygen atoms in total. The maximum Gasteiger partial charge on any atom is 0.229 e. The van der Waals surface area contributed by atoms with Crippen LogP contribution in [0, 0.1) is 5.82 Å². The minimum absolute atomic E-state index is 0.247. The van der Waals surface area contributed by atoms with Crippen LogP contribution in [0.3, 0.4) is 0 Å². The average Bonchev–Trinajstić information content (AvgIpc) is 3.25. The normalized spacial score (nSPS) is 14.1. The number of anilines is 3. The van der Waals surface area contributed by atoms with E-state index in [0.717, 1.165) is 55.2 Å². The summed E-state index contributed by atoms with van der Waals surface area (Å²) in [7, 11) is 0. The molecule has 2 aromatic carbocycles. The van der Waals surface area contributed by atoms with Gasteiger partial charge in [-0.1, -0.05) is 24.3 Å². The number of rotatable bonds is 8. The molecule has 7 heteroatoms. The first kappa shape index (κ1) is 19.3. The van der Waals surface area contributed by atoms with Crippen LogP contribution in [0.5, 0.6) is 0 Å². The first-order valence-electron chi connectivity index (χ1n) is 9.95. The number of aromatic nitrogens is 2. The second-order valence-corrected chi connectivity index (χ2v) is 7.01. The Morgan fingerprint density at radius 2 is 1.93 bits per heavy atom. The molecule has 1 saturated heterocycles. The first-order valence-corrected chi connectivity index (χ1v) is 9.95. The van der Waals surface area contributed by atoms with Gasteiger partial charge in [0.1, 0.15) is 11.6 Å². The van der Waals surface area contributed by atoms with Gasteiger partial charge in [-0.2, -0.15) is 4.98 Å². The van der Waals surface area contributed by atoms with E-state index < -0.39 is 0 Å². The van der Waals surface area contributed by atoms with Crippen molar-refractivity contribution in [1.82, 2.24) is 20.4 Å². The van der Waals surface area contributed by atoms with E-state index in [9.17, 15) is 4.39 Å². The summed E-state index contributed by atoms with van der Waals surface area (Å²) in [6, 6.07) is 16.2. The lowest BCUT2D eigenvalue weighted by Gasteiger charge is -2.15. The molecular formula is C22H25FN6. The topological polar surface area (TPSA) is 65.1 Å². The third-order valence-corrected chi connectivity index (χ3v) is 4.78. The molecule has 0 radical (unpaired) electrons. The molecule has 0 aliphatic carbocycles. The zero-order chi connectivity index (χ0) is 19.9. The van der Waals surface area contributed by atoms with Gasteiger partial charge in [0.05, 0.1) is 0 Å². The summed E-state index contributed by atoms with van der Waals surface area (Å²) in [6.45, 7) is 4.07. The summed E-state index contributed by atoms with van der Waals surface area (Å²) in [5.74, 6) is 1.06. The lowest BCUT2D eigenvalue weighted by Crippen LogP contribution is -2.32. The molecule has 3 aromatic rings. The van der Waals surface area contributed by atoms with Gasteiger partial charge in [0, 0.05) is 38.1 Å². The quantitative estimate of drug-likeness (QED) is 0.503. The third-order valence-electron chi connectivity index (χ3n) is 4.78. The largest absolute Gasteiger partial charge is 0.370 e. The molecule has 4 rings (SSSR count). The predicted molar refractivity (Wildman–Crippen MR) is 114 cm³/mol. The summed E-state index contributed by atoms with van der Waals surface area (Å²) in [5.41, 5.74) is 5.97. The Balaban J connectivity index is 1.35. The minimum Gasteiger partial charge on any atom is -0.370 e. The van der Waals surface area contributed by atoms with Crippen molar-refractivity contribution in [2.24, 2.45) is 0 Å². The number of benzene rings is 2. The maximum absolute atomic E-state index is 13.5. The molecule has 1 aliphatic heterocycles. The fourth-order valence-corrected chi connectivity index (χ4v) is 3.35. The van der Waals surface area contributed by atoms with Crippen molar-refractivity contribution < 1.29 is 4.39 Å². The number of hydrogen-bond donors (Lipinski definition) is 3. The highest BCUT2D eigenvalue weighted by Crippen LogP contribution is 2.24. The van der Waals surface area contributed by atoms with E-state index in [4.69, 9.17) is 0 Å². The Morgan fingerprint density at radius 3 is 2.76 bits per heavy atom. The average molecular weight is 392 g/mol. The molecule has 1 aliphatic rings. The molecule has 150 valence electrons. The molecule has 0 amide bonds. The number of hydrogen-bond acceptors (Lipinski definition) is 6. The van der Waals surface area contributed by atoms with E-state index in [1.165, 1.54) is 18.6 Å². The molecule has 3 N–H and O–H groups in total. The molecule has 1 aromatic heterocycles. The Labute approximate surface area is 170 Å². The first-order chi connectivity index (χ1) is 14.3. The van der Waals surface area contributed by atoms with Gasteiger partial charge in [-0.25, -0.2) is 14.4 Å². The number of nitrogens with zero attached hydrogens (tertiary/aromatic N) is 3. The van der Waals surface area contributed by atoms with Gasteiger partial charge in [0.15, 0.2) is 0 Å². The van der Waals surface area contributed by atoms with Crippen molar-refractivity contribution in [2.45, 2.75) is 12.8 Å². The van der Waals surface area contributed by atoms with Gasteiger partial charge in [-0.05, 0) is 54.3 Å². The van der Waals surface area contributed by atoms with E-state index in [1.54, 1.807) is 12.3 Å². The highest BCUT2D eigenvalue weighted by Gasteiger charge is 2.09. The fourth-order valence-electron chi connectivity index (χ4n) is 3.35. The lowest BCUT2D eigenvalue weighted by atomic mass is 10.1. The lowest BCUT2D eigenvalue weighted by molar-refractivity contribution is 0.253. The number of hydrazine groups is 1. The predicted octanol–water partition coefficient (Wildman–Crippen LogP) is 4.04. The van der Waals surface area contributed by atoms with Crippen LogP contribution in [0.4, 0.5) is 21.8 Å². The molecule has 0 atom stereocenters. The summed E-state index contributed by atoms with van der Waals surface area (Å²) >= 11 is 0. The number of halogens is 1. The second-order valence-electron chi connectivity index (χ2n) is 7.01. The minimum atomic E-state index is -0.247. The molecule has 2 heterocycles. The van der Waals surface area contributed by atoms with Gasteiger partial charge in [0.25, 0.3) is 0 Å². The monoisotopic (exact) mass is 392 g/mol. The van der Waals surface area contributed by atoms with Crippen LogP contribution >= 0.6 is 0 Å². The van der Waals surface area contributed by atoms with Gasteiger partial charge in [-0.3, -0.25) is 5.43 Å². The summed E-state index contributed by atoms with van der Waals surface area (Å²) in [6.07, 6.45) is 3.99. The molecule has 0 bridgehead atoms. The van der Waals surface area contributed by atoms with Gasteiger partial charge < -0.3 is 10.6 Å². The maximum atomic E-state index is 13.5. The molecule has 0 spiro atoms. The zero-order valence-corrected chi connectivity index (χ0v) is 16.2. The molecular weight excluding hydrogens is 367 g/mol. The molecule has 0 unspecified atom stereocenters. The van der Waals surface area contributed by atoms with Crippen molar-refractivity contribution >= 4 is 17.5 Å². The van der Waals surface area contributed by atoms with Gasteiger partial charge in [-0.15, -0.1) is 0 Å². The van der Waals surface area contributed by atoms with Gasteiger partial charge in [0.2, 0.25) is 5.95 Å². The molecule has 29 heavy (non-hydrogen) atoms. The van der Waals surface area contributed by atoms with Crippen molar-refractivity contribution in [3.63, 3.8) is 0 Å². The van der Waals surface area contributed by atoms with E-state index in [0.29, 0.717) is 5.95 Å². The SMILES string of the molecule is Fc1cccc(-c2cccc(Nc3nccc(NCCCN4CCCN4)n3)c2)c1. The van der Waals surface area contributed by atoms with Crippen LogP contribution < -0.4 is 16.1 Å². The zero-order valence-electron chi connectivity index (χ0n) is 16.2. The second kappa shape index (κ2) is 9.45. The van der Waals surface area contributed by atoms with Crippen LogP contribution in [0.25, 0.3) is 11.1 Å². The third kappa shape index (κ3) is 5.49. The van der Waals surface area contributed by atoms with Crippen molar-refractivity contribution in [3.8, 4) is 11.1 Å². The van der Waals surface area contributed by atoms with E-state index in [2.05, 4.69) is 31.0 Å². The van der Waals surface area contributed by atoms with Crippen LogP contribution in [0.1, 0.15) is 12.8 Å². The Hall–Kier alpha value is -3.03. The molecule has 1 fully saturated rings. The summed E-state index contributed by atoms with van der Waals surface area (Å²) < 4.78 is 13.5. The summed E-state index contributed by atoms with van der Waals surface area (Å²) in [5, 5.41) is 8.85. The number of nitrogens with one attached hydrogen (secondary N) is 3. The Bertz CT molecular complexity index is 942. The van der Waals surface area contributed by atoms with Crippen LogP contribution in [-0.2, 0) is 0 Å². The Kier molecular flexibility index (Phi) is 6.29. The standard InChI is InChI=1S/C22H25FN6/c23-19-7-1-5-17(15-19)18-6-2-8-20(16-18)27-22-25-12-9-21(28-22)24-10-3-13-29-14-4-11-26-29/h1-2,5-9,12,15-16,26H,3-4,10-11,13-14H2,(H2,24,25,27,28). The summed E-state index contributed by atoms with van der Waals surface area (Å²) in [4.78, 5) is 8.83. The highest BCUT2D eigenvalue weighted by molar-refractivity contribution is 5.69. The van der Waals surface area contributed by atoms with Crippen LogP contribution in [0.2, 0.25) is 0 Å². The van der Waals surface area contributed by atoms with E-state index >= 15 is 0 Å². The van der Waals surface area contributed by atoms with Crippen LogP contribution in [0.15, 0.2) is 60.8 Å². The van der Waals surface area contributed by atoms with E-state index in [-0.39, 0.29) is 5.82 Å². The van der Waals surface area contributed by atoms with E-state index in [1.807, 2.05) is 36.4 Å². The highest BCUT2D eigenvalue weighted by atomic mass is 19.1.